The molecule has 0 aliphatic rings. The van der Waals surface area contributed by atoms with E-state index in [1.165, 1.54) is 6.07 Å². The van der Waals surface area contributed by atoms with Gasteiger partial charge in [0.05, 0.1) is 11.0 Å². The number of para-hydroxylation sites is 1. The van der Waals surface area contributed by atoms with Crippen LogP contribution < -0.4 is 5.56 Å². The van der Waals surface area contributed by atoms with Gasteiger partial charge in [-0.3, -0.25) is 4.79 Å². The smallest absolute Gasteiger partial charge is 0.270 e. The van der Waals surface area contributed by atoms with Crippen molar-refractivity contribution in [3.63, 3.8) is 0 Å². The zero-order valence-electron chi connectivity index (χ0n) is 9.83. The molecule has 0 atom stereocenters. The third kappa shape index (κ3) is 1.50. The summed E-state index contributed by atoms with van der Waals surface area (Å²) in [6, 6.07) is 14.4. The number of furan rings is 1. The quantitative estimate of drug-likeness (QED) is 0.480. The van der Waals surface area contributed by atoms with Gasteiger partial charge in [0.2, 0.25) is 0 Å². The van der Waals surface area contributed by atoms with E-state index < -0.39 is 0 Å². The highest BCUT2D eigenvalue weighted by Gasteiger charge is 2.09. The molecule has 0 aliphatic carbocycles. The first-order chi connectivity index (χ1) is 9.31. The maximum absolute atomic E-state index is 11.4. The molecule has 0 spiro atoms. The van der Waals surface area contributed by atoms with E-state index in [1.807, 2.05) is 24.3 Å². The van der Waals surface area contributed by atoms with Crippen molar-refractivity contribution in [2.75, 3.05) is 0 Å². The zero-order chi connectivity index (χ0) is 12.8. The average Bonchev–Trinajstić information content (AvgIpc) is 2.65. The molecular formula is C15H8N2O2. The number of hydrogen-bond donors (Lipinski definition) is 0. The molecule has 0 N–H and O–H groups in total. The molecule has 3 aromatic heterocycles. The Balaban J connectivity index is 2.27. The highest BCUT2D eigenvalue weighted by Crippen LogP contribution is 2.28. The van der Waals surface area contributed by atoms with Crippen LogP contribution in [0.4, 0.5) is 0 Å². The summed E-state index contributed by atoms with van der Waals surface area (Å²) in [5.41, 5.74) is 3.16. The van der Waals surface area contributed by atoms with Crippen molar-refractivity contribution in [3.8, 4) is 0 Å². The largest absolute Gasteiger partial charge is 0.454 e. The Morgan fingerprint density at radius 1 is 0.842 bits per heavy atom. The van der Waals surface area contributed by atoms with E-state index in [1.54, 1.807) is 18.2 Å². The number of nitrogens with zero attached hydrogens (tertiary/aromatic N) is 2. The summed E-state index contributed by atoms with van der Waals surface area (Å²) in [5, 5.41) is 0.966. The van der Waals surface area contributed by atoms with Gasteiger partial charge in [-0.05, 0) is 18.2 Å². The van der Waals surface area contributed by atoms with Crippen LogP contribution in [0.25, 0.3) is 33.1 Å². The van der Waals surface area contributed by atoms with Crippen LogP contribution in [0.3, 0.4) is 0 Å². The lowest BCUT2D eigenvalue weighted by atomic mass is 10.2. The molecule has 3 heterocycles. The van der Waals surface area contributed by atoms with E-state index in [4.69, 9.17) is 4.42 Å². The standard InChI is InChI=1S/C15H8N2O2/c18-14-7-3-5-10-11(16-14)8-13-15(17-10)9-4-1-2-6-12(9)19-13/h1-8H. The Morgan fingerprint density at radius 3 is 2.68 bits per heavy atom. The minimum absolute atomic E-state index is 0.285. The first kappa shape index (κ1) is 10.2. The van der Waals surface area contributed by atoms with Crippen LogP contribution in [0.2, 0.25) is 0 Å². The van der Waals surface area contributed by atoms with Gasteiger partial charge in [0.1, 0.15) is 11.1 Å². The van der Waals surface area contributed by atoms with Crippen LogP contribution >= 0.6 is 0 Å². The molecule has 0 saturated heterocycles. The van der Waals surface area contributed by atoms with Gasteiger partial charge in [0, 0.05) is 17.5 Å². The summed E-state index contributed by atoms with van der Waals surface area (Å²) in [4.78, 5) is 20.0. The Hall–Kier alpha value is -2.75. The SMILES string of the molecule is O=c1cccc2nc3c(cc2n1)oc1ccccc13. The molecule has 0 saturated carbocycles. The molecule has 90 valence electrons. The fourth-order valence-corrected chi connectivity index (χ4v) is 2.23. The van der Waals surface area contributed by atoms with E-state index in [2.05, 4.69) is 9.97 Å². The molecule has 4 heteroatoms. The van der Waals surface area contributed by atoms with Crippen molar-refractivity contribution < 1.29 is 4.42 Å². The first-order valence-electron chi connectivity index (χ1n) is 5.91. The lowest BCUT2D eigenvalue weighted by Gasteiger charge is -1.91. The van der Waals surface area contributed by atoms with Crippen LogP contribution in [0.1, 0.15) is 0 Å². The van der Waals surface area contributed by atoms with Crippen molar-refractivity contribution >= 4 is 33.1 Å². The molecule has 4 nitrogen and oxygen atoms in total. The lowest BCUT2D eigenvalue weighted by molar-refractivity contribution is 0.668. The predicted octanol–water partition coefficient (Wildman–Crippen LogP) is 2.89. The summed E-state index contributed by atoms with van der Waals surface area (Å²) in [7, 11) is 0. The van der Waals surface area contributed by atoms with Crippen molar-refractivity contribution in [2.24, 2.45) is 0 Å². The van der Waals surface area contributed by atoms with Crippen LogP contribution in [-0.4, -0.2) is 9.97 Å². The number of aromatic nitrogens is 2. The minimum atomic E-state index is -0.285. The molecule has 0 aliphatic heterocycles. The fraction of sp³-hybridized carbons (Fsp3) is 0. The van der Waals surface area contributed by atoms with Crippen LogP contribution in [0, 0.1) is 0 Å². The Kier molecular flexibility index (Phi) is 1.94. The van der Waals surface area contributed by atoms with Crippen LogP contribution in [-0.2, 0) is 0 Å². The molecule has 19 heavy (non-hydrogen) atoms. The van der Waals surface area contributed by atoms with Gasteiger partial charge in [-0.25, -0.2) is 9.97 Å². The molecule has 4 aromatic rings. The number of pyridine rings is 1. The fourth-order valence-electron chi connectivity index (χ4n) is 2.23. The predicted molar refractivity (Wildman–Crippen MR) is 73.1 cm³/mol. The maximum Gasteiger partial charge on any atom is 0.270 e. The summed E-state index contributed by atoms with van der Waals surface area (Å²) in [6.45, 7) is 0. The Morgan fingerprint density at radius 2 is 1.74 bits per heavy atom. The van der Waals surface area contributed by atoms with Crippen molar-refractivity contribution in [1.29, 1.82) is 0 Å². The summed E-state index contributed by atoms with van der Waals surface area (Å²) >= 11 is 0. The first-order valence-corrected chi connectivity index (χ1v) is 5.91. The molecule has 4 rings (SSSR count). The summed E-state index contributed by atoms with van der Waals surface area (Å²) in [6.07, 6.45) is 0. The monoisotopic (exact) mass is 248 g/mol. The topological polar surface area (TPSA) is 56.0 Å². The van der Waals surface area contributed by atoms with Crippen LogP contribution in [0.5, 0.6) is 0 Å². The van der Waals surface area contributed by atoms with Crippen LogP contribution in [0.15, 0.2) is 57.7 Å². The molecule has 1 aromatic carbocycles. The van der Waals surface area contributed by atoms with Crippen molar-refractivity contribution in [3.05, 3.63) is 58.9 Å². The van der Waals surface area contributed by atoms with Gasteiger partial charge in [0.15, 0.2) is 5.58 Å². The second kappa shape index (κ2) is 3.62. The lowest BCUT2D eigenvalue weighted by Crippen LogP contribution is -1.98. The summed E-state index contributed by atoms with van der Waals surface area (Å²) < 4.78 is 5.73. The minimum Gasteiger partial charge on any atom is -0.454 e. The van der Waals surface area contributed by atoms with Gasteiger partial charge >= 0.3 is 0 Å². The van der Waals surface area contributed by atoms with Crippen molar-refractivity contribution in [2.45, 2.75) is 0 Å². The molecule has 0 amide bonds. The van der Waals surface area contributed by atoms with Gasteiger partial charge in [-0.1, -0.05) is 18.2 Å². The van der Waals surface area contributed by atoms with E-state index in [0.29, 0.717) is 16.6 Å². The number of hydrogen-bond acceptors (Lipinski definition) is 4. The summed E-state index contributed by atoms with van der Waals surface area (Å²) in [5.74, 6) is 0. The zero-order valence-corrected chi connectivity index (χ0v) is 9.83. The number of rotatable bonds is 0. The third-order valence-electron chi connectivity index (χ3n) is 3.08. The highest BCUT2D eigenvalue weighted by atomic mass is 16.3. The van der Waals surface area contributed by atoms with Gasteiger partial charge in [0.25, 0.3) is 5.56 Å². The normalized spacial score (nSPS) is 11.4. The van der Waals surface area contributed by atoms with Crippen molar-refractivity contribution in [1.82, 2.24) is 9.97 Å². The van der Waals surface area contributed by atoms with E-state index in [-0.39, 0.29) is 5.56 Å². The molecular weight excluding hydrogens is 240 g/mol. The molecule has 0 bridgehead atoms. The van der Waals surface area contributed by atoms with Gasteiger partial charge < -0.3 is 4.42 Å². The second-order valence-corrected chi connectivity index (χ2v) is 4.31. The Bertz CT molecular complexity index is 989. The van der Waals surface area contributed by atoms with E-state index >= 15 is 0 Å². The van der Waals surface area contributed by atoms with Gasteiger partial charge in [-0.15, -0.1) is 0 Å². The Labute approximate surface area is 107 Å². The number of fused-ring (bicyclic) bond motifs is 4. The number of benzene rings is 1. The van der Waals surface area contributed by atoms with E-state index in [9.17, 15) is 4.79 Å². The van der Waals surface area contributed by atoms with E-state index in [0.717, 1.165) is 16.5 Å². The molecule has 0 unspecified atom stereocenters. The third-order valence-corrected chi connectivity index (χ3v) is 3.08. The second-order valence-electron chi connectivity index (χ2n) is 4.31. The average molecular weight is 248 g/mol. The van der Waals surface area contributed by atoms with Gasteiger partial charge in [-0.2, -0.15) is 0 Å². The molecule has 0 fully saturated rings. The highest BCUT2D eigenvalue weighted by molar-refractivity contribution is 6.05. The molecule has 0 radical (unpaired) electrons. The maximum atomic E-state index is 11.4.